The van der Waals surface area contributed by atoms with Crippen molar-refractivity contribution in [2.75, 3.05) is 5.73 Å². The Morgan fingerprint density at radius 2 is 2.06 bits per heavy atom. The third kappa shape index (κ3) is 2.13. The molecule has 0 fully saturated rings. The average Bonchev–Trinajstić information content (AvgIpc) is 2.58. The highest BCUT2D eigenvalue weighted by Crippen LogP contribution is 2.35. The van der Waals surface area contributed by atoms with Crippen LogP contribution in [0.5, 0.6) is 0 Å². The summed E-state index contributed by atoms with van der Waals surface area (Å²) in [5.41, 5.74) is 8.03. The maximum Gasteiger partial charge on any atom is 0.180 e. The normalized spacial score (nSPS) is 12.7. The number of rotatable bonds is 2. The van der Waals surface area contributed by atoms with E-state index in [9.17, 15) is 0 Å². The molecule has 0 spiro atoms. The molecule has 1 aromatic heterocycles. The zero-order valence-electron chi connectivity index (χ0n) is 9.20. The summed E-state index contributed by atoms with van der Waals surface area (Å²) >= 11 is 5.15. The van der Waals surface area contributed by atoms with Crippen molar-refractivity contribution in [1.82, 2.24) is 4.98 Å². The van der Waals surface area contributed by atoms with Crippen LogP contribution in [0, 0.1) is 6.92 Å². The predicted octanol–water partition coefficient (Wildman–Crippen LogP) is 3.95. The highest BCUT2D eigenvalue weighted by molar-refractivity contribution is 9.10. The van der Waals surface area contributed by atoms with Gasteiger partial charge in [-0.25, -0.2) is 4.98 Å². The van der Waals surface area contributed by atoms with Gasteiger partial charge in [0.25, 0.3) is 0 Å². The lowest BCUT2D eigenvalue weighted by Crippen LogP contribution is -1.96. The highest BCUT2D eigenvalue weighted by atomic mass is 79.9. The summed E-state index contributed by atoms with van der Waals surface area (Å²) in [6, 6.07) is 8.26. The molecule has 1 atom stereocenters. The van der Waals surface area contributed by atoms with E-state index in [1.165, 1.54) is 10.4 Å². The van der Waals surface area contributed by atoms with Gasteiger partial charge in [0.05, 0.1) is 5.69 Å². The number of nitrogens with two attached hydrogens (primary N) is 1. The van der Waals surface area contributed by atoms with Gasteiger partial charge in [-0.15, -0.1) is 11.3 Å². The molecule has 2 aromatic rings. The zero-order chi connectivity index (χ0) is 11.7. The Labute approximate surface area is 108 Å². The summed E-state index contributed by atoms with van der Waals surface area (Å²) in [6.45, 7) is 4.19. The van der Waals surface area contributed by atoms with Crippen molar-refractivity contribution < 1.29 is 0 Å². The summed E-state index contributed by atoms with van der Waals surface area (Å²) < 4.78 is 1.13. The van der Waals surface area contributed by atoms with E-state index in [2.05, 4.69) is 46.0 Å². The molecule has 16 heavy (non-hydrogen) atoms. The molecule has 0 amide bonds. The number of aromatic nitrogens is 1. The van der Waals surface area contributed by atoms with E-state index in [-0.39, 0.29) is 0 Å². The molecule has 2 N–H and O–H groups in total. The lowest BCUT2D eigenvalue weighted by atomic mass is 9.99. The monoisotopic (exact) mass is 296 g/mol. The van der Waals surface area contributed by atoms with Gasteiger partial charge in [-0.3, -0.25) is 0 Å². The highest BCUT2D eigenvalue weighted by Gasteiger charge is 2.16. The van der Waals surface area contributed by atoms with Crippen LogP contribution in [-0.4, -0.2) is 4.98 Å². The van der Waals surface area contributed by atoms with E-state index in [0.717, 1.165) is 10.2 Å². The van der Waals surface area contributed by atoms with Crippen LogP contribution in [0.4, 0.5) is 5.13 Å². The van der Waals surface area contributed by atoms with Crippen molar-refractivity contribution in [3.05, 3.63) is 44.9 Å². The van der Waals surface area contributed by atoms with Gasteiger partial charge >= 0.3 is 0 Å². The minimum atomic E-state index is 0.324. The molecular weight excluding hydrogens is 284 g/mol. The molecule has 84 valence electrons. The van der Waals surface area contributed by atoms with Crippen LogP contribution < -0.4 is 5.73 Å². The third-order valence-corrected chi connectivity index (χ3v) is 4.51. The molecule has 1 heterocycles. The van der Waals surface area contributed by atoms with Crippen LogP contribution in [0.2, 0.25) is 0 Å². The number of hydrogen-bond donors (Lipinski definition) is 1. The summed E-state index contributed by atoms with van der Waals surface area (Å²) in [4.78, 5) is 5.51. The van der Waals surface area contributed by atoms with Gasteiger partial charge < -0.3 is 5.73 Å². The van der Waals surface area contributed by atoms with Gasteiger partial charge in [-0.1, -0.05) is 41.1 Å². The second-order valence-corrected chi connectivity index (χ2v) is 5.66. The Morgan fingerprint density at radius 3 is 2.62 bits per heavy atom. The minimum absolute atomic E-state index is 0.324. The summed E-state index contributed by atoms with van der Waals surface area (Å²) in [5.74, 6) is 0.324. The van der Waals surface area contributed by atoms with Gasteiger partial charge in [0.1, 0.15) is 0 Å². The molecule has 0 radical (unpaired) electrons. The molecule has 2 nitrogen and oxygen atoms in total. The molecule has 1 aromatic carbocycles. The quantitative estimate of drug-likeness (QED) is 0.911. The van der Waals surface area contributed by atoms with Crippen molar-refractivity contribution in [3.63, 3.8) is 0 Å². The van der Waals surface area contributed by atoms with Crippen molar-refractivity contribution >= 4 is 32.4 Å². The molecule has 0 aliphatic heterocycles. The van der Waals surface area contributed by atoms with Crippen LogP contribution in [0.3, 0.4) is 0 Å². The number of anilines is 1. The number of aryl methyl sites for hydroxylation is 1. The number of nitrogens with zero attached hydrogens (tertiary/aromatic N) is 1. The van der Waals surface area contributed by atoms with Crippen LogP contribution >= 0.6 is 27.3 Å². The van der Waals surface area contributed by atoms with Gasteiger partial charge in [0.2, 0.25) is 0 Å². The van der Waals surface area contributed by atoms with Crippen molar-refractivity contribution in [3.8, 4) is 0 Å². The Morgan fingerprint density at radius 1 is 1.38 bits per heavy atom. The van der Waals surface area contributed by atoms with Gasteiger partial charge in [-0.2, -0.15) is 0 Å². The van der Waals surface area contributed by atoms with Crippen molar-refractivity contribution in [2.24, 2.45) is 0 Å². The molecule has 0 aliphatic rings. The van der Waals surface area contributed by atoms with Crippen LogP contribution in [0.25, 0.3) is 0 Å². The Kier molecular flexibility index (Phi) is 3.30. The first-order chi connectivity index (χ1) is 7.59. The zero-order valence-corrected chi connectivity index (χ0v) is 11.6. The first-order valence-electron chi connectivity index (χ1n) is 5.07. The number of benzene rings is 1. The molecule has 0 saturated heterocycles. The molecule has 1 unspecified atom stereocenters. The van der Waals surface area contributed by atoms with E-state index in [1.807, 2.05) is 13.0 Å². The fraction of sp³-hybridized carbons (Fsp3) is 0.250. The Balaban J connectivity index is 2.43. The van der Waals surface area contributed by atoms with Crippen LogP contribution in [0.1, 0.15) is 29.0 Å². The Hall–Kier alpha value is -0.870. The summed E-state index contributed by atoms with van der Waals surface area (Å²) in [6.07, 6.45) is 0. The van der Waals surface area contributed by atoms with E-state index in [0.29, 0.717) is 11.0 Å². The second kappa shape index (κ2) is 4.55. The summed E-state index contributed by atoms with van der Waals surface area (Å²) in [7, 11) is 0. The number of halogens is 1. The SMILES string of the molecule is Cc1nc(N)sc1C(C)c1ccccc1Br. The first kappa shape index (κ1) is 11.6. The van der Waals surface area contributed by atoms with E-state index in [4.69, 9.17) is 5.73 Å². The standard InChI is InChI=1S/C12H13BrN2S/c1-7(9-5-3-4-6-10(9)13)11-8(2)15-12(14)16-11/h3-7H,1-2H3,(H2,14,15). The molecular formula is C12H13BrN2S. The van der Waals surface area contributed by atoms with Crippen LogP contribution in [-0.2, 0) is 0 Å². The first-order valence-corrected chi connectivity index (χ1v) is 6.67. The fourth-order valence-corrected chi connectivity index (χ4v) is 3.33. The molecule has 2 rings (SSSR count). The van der Waals surface area contributed by atoms with Crippen molar-refractivity contribution in [2.45, 2.75) is 19.8 Å². The lowest BCUT2D eigenvalue weighted by molar-refractivity contribution is 0.920. The maximum absolute atomic E-state index is 5.73. The van der Waals surface area contributed by atoms with Gasteiger partial charge in [0, 0.05) is 15.3 Å². The third-order valence-electron chi connectivity index (χ3n) is 2.61. The topological polar surface area (TPSA) is 38.9 Å². The van der Waals surface area contributed by atoms with Gasteiger partial charge in [-0.05, 0) is 18.6 Å². The Bertz CT molecular complexity index is 507. The van der Waals surface area contributed by atoms with E-state index < -0.39 is 0 Å². The van der Waals surface area contributed by atoms with E-state index >= 15 is 0 Å². The number of thiazole rings is 1. The second-order valence-electron chi connectivity index (χ2n) is 3.74. The number of nitrogen functional groups attached to an aromatic ring is 1. The smallest absolute Gasteiger partial charge is 0.180 e. The predicted molar refractivity (Wildman–Crippen MR) is 72.9 cm³/mol. The van der Waals surface area contributed by atoms with Crippen molar-refractivity contribution in [1.29, 1.82) is 0 Å². The largest absolute Gasteiger partial charge is 0.375 e. The van der Waals surface area contributed by atoms with Gasteiger partial charge in [0.15, 0.2) is 5.13 Å². The number of hydrogen-bond acceptors (Lipinski definition) is 3. The average molecular weight is 297 g/mol. The lowest BCUT2D eigenvalue weighted by Gasteiger charge is -2.12. The van der Waals surface area contributed by atoms with Crippen LogP contribution in [0.15, 0.2) is 28.7 Å². The molecule has 4 heteroatoms. The molecule has 0 saturated carbocycles. The molecule has 0 bridgehead atoms. The summed E-state index contributed by atoms with van der Waals surface area (Å²) in [5, 5.41) is 0.645. The minimum Gasteiger partial charge on any atom is -0.375 e. The maximum atomic E-state index is 5.73. The van der Waals surface area contributed by atoms with E-state index in [1.54, 1.807) is 11.3 Å². The molecule has 0 aliphatic carbocycles. The fourth-order valence-electron chi connectivity index (χ4n) is 1.80.